The zero-order chi connectivity index (χ0) is 23.3. The van der Waals surface area contributed by atoms with Gasteiger partial charge in [-0.25, -0.2) is 14.2 Å². The van der Waals surface area contributed by atoms with E-state index in [1.54, 1.807) is 24.3 Å². The van der Waals surface area contributed by atoms with Gasteiger partial charge in [-0.15, -0.1) is 0 Å². The molecule has 0 saturated heterocycles. The Morgan fingerprint density at radius 1 is 0.875 bits per heavy atom. The number of nitrogen functional groups attached to an aromatic ring is 2. The third-order valence-electron chi connectivity index (χ3n) is 4.15. The number of nitro benzene ring substituents is 2. The van der Waals surface area contributed by atoms with Crippen LogP contribution in [0.15, 0.2) is 67.0 Å². The summed E-state index contributed by atoms with van der Waals surface area (Å²) in [6.07, 6.45) is 2.86. The van der Waals surface area contributed by atoms with Crippen LogP contribution in [0.5, 0.6) is 0 Å². The molecule has 0 fully saturated rings. The highest BCUT2D eigenvalue weighted by Crippen LogP contribution is 2.25. The lowest BCUT2D eigenvalue weighted by Gasteiger charge is -2.03. The maximum Gasteiger partial charge on any atom is 0.271 e. The zero-order valence-electron chi connectivity index (χ0n) is 16.3. The summed E-state index contributed by atoms with van der Waals surface area (Å²) >= 11 is 0. The van der Waals surface area contributed by atoms with E-state index >= 15 is 0 Å². The van der Waals surface area contributed by atoms with Crippen molar-refractivity contribution >= 4 is 28.7 Å². The Morgan fingerprint density at radius 2 is 1.44 bits per heavy atom. The van der Waals surface area contributed by atoms with Gasteiger partial charge in [-0.2, -0.15) is 10.2 Å². The van der Waals surface area contributed by atoms with Gasteiger partial charge in [0.2, 0.25) is 5.69 Å². The molecule has 4 rings (SSSR count). The van der Waals surface area contributed by atoms with E-state index in [2.05, 4.69) is 15.0 Å². The first-order valence-electron chi connectivity index (χ1n) is 8.82. The van der Waals surface area contributed by atoms with E-state index < -0.39 is 9.85 Å². The topological polar surface area (TPSA) is 178 Å². The molecule has 4 N–H and O–H groups in total. The van der Waals surface area contributed by atoms with Crippen molar-refractivity contribution in [2.24, 2.45) is 0 Å². The second-order valence-electron chi connectivity index (χ2n) is 6.16. The van der Waals surface area contributed by atoms with Crippen molar-refractivity contribution in [2.75, 3.05) is 11.5 Å². The lowest BCUT2D eigenvalue weighted by atomic mass is 10.3. The molecule has 0 aliphatic heterocycles. The summed E-state index contributed by atoms with van der Waals surface area (Å²) in [5.74, 6) is 0.607. The summed E-state index contributed by atoms with van der Waals surface area (Å²) in [6.45, 7) is 6.85. The van der Waals surface area contributed by atoms with E-state index in [1.165, 1.54) is 52.1 Å². The number of nitro groups is 2. The molecular formula is C19H15N9O4. The van der Waals surface area contributed by atoms with Gasteiger partial charge in [-0.1, -0.05) is 12.1 Å². The molecule has 0 amide bonds. The Balaban J connectivity index is 0.000000182. The van der Waals surface area contributed by atoms with Crippen LogP contribution < -0.4 is 11.5 Å². The van der Waals surface area contributed by atoms with Gasteiger partial charge < -0.3 is 11.5 Å². The molecule has 13 nitrogen and oxygen atoms in total. The number of aromatic nitrogens is 4. The number of anilines is 2. The minimum Gasteiger partial charge on any atom is -0.392 e. The van der Waals surface area contributed by atoms with Crippen LogP contribution in [-0.4, -0.2) is 29.4 Å². The van der Waals surface area contributed by atoms with Crippen LogP contribution in [0.3, 0.4) is 0 Å². The van der Waals surface area contributed by atoms with Crippen molar-refractivity contribution in [3.05, 3.63) is 98.6 Å². The summed E-state index contributed by atoms with van der Waals surface area (Å²) in [5, 5.41) is 29.0. The highest BCUT2D eigenvalue weighted by Gasteiger charge is 2.12. The van der Waals surface area contributed by atoms with Gasteiger partial charge in [0.15, 0.2) is 0 Å². The summed E-state index contributed by atoms with van der Waals surface area (Å²) in [4.78, 5) is 23.4. The average Bonchev–Trinajstić information content (AvgIpc) is 3.39. The van der Waals surface area contributed by atoms with Gasteiger partial charge in [-0.3, -0.25) is 20.2 Å². The van der Waals surface area contributed by atoms with Gasteiger partial charge >= 0.3 is 0 Å². The molecule has 160 valence electrons. The average molecular weight is 433 g/mol. The second kappa shape index (κ2) is 9.05. The van der Waals surface area contributed by atoms with Crippen LogP contribution in [-0.2, 0) is 0 Å². The molecule has 0 aliphatic carbocycles. The molecular weight excluding hydrogens is 418 g/mol. The van der Waals surface area contributed by atoms with Crippen LogP contribution in [0.4, 0.5) is 28.7 Å². The van der Waals surface area contributed by atoms with Crippen LogP contribution in [0.25, 0.3) is 16.2 Å². The highest BCUT2D eigenvalue weighted by atomic mass is 16.6. The molecule has 0 atom stereocenters. The first-order chi connectivity index (χ1) is 15.3. The number of non-ortho nitro benzene ring substituents is 2. The van der Waals surface area contributed by atoms with Crippen LogP contribution >= 0.6 is 0 Å². The number of nitrogens with two attached hydrogens (primary N) is 2. The molecule has 4 aromatic rings. The van der Waals surface area contributed by atoms with Crippen molar-refractivity contribution in [2.45, 2.75) is 0 Å². The van der Waals surface area contributed by atoms with E-state index in [1.807, 2.05) is 0 Å². The van der Waals surface area contributed by atoms with Crippen molar-refractivity contribution in [1.29, 1.82) is 0 Å². The predicted molar refractivity (Wildman–Crippen MR) is 116 cm³/mol. The smallest absolute Gasteiger partial charge is 0.271 e. The zero-order valence-corrected chi connectivity index (χ0v) is 16.3. The summed E-state index contributed by atoms with van der Waals surface area (Å²) in [6, 6.07) is 13.6. The molecule has 0 spiro atoms. The van der Waals surface area contributed by atoms with Gasteiger partial charge in [0, 0.05) is 30.3 Å². The molecule has 2 heterocycles. The molecule has 32 heavy (non-hydrogen) atoms. The first kappa shape index (κ1) is 21.5. The molecule has 0 bridgehead atoms. The molecule has 13 heteroatoms. The molecule has 0 aliphatic rings. The van der Waals surface area contributed by atoms with Crippen LogP contribution in [0.1, 0.15) is 0 Å². The Hall–Kier alpha value is -5.25. The van der Waals surface area contributed by atoms with E-state index in [9.17, 15) is 20.2 Å². The number of rotatable bonds is 4. The largest absolute Gasteiger partial charge is 0.392 e. The molecule has 0 radical (unpaired) electrons. The van der Waals surface area contributed by atoms with E-state index in [0.29, 0.717) is 17.2 Å². The first-order valence-corrected chi connectivity index (χ1v) is 8.82. The van der Waals surface area contributed by atoms with E-state index in [0.717, 1.165) is 0 Å². The summed E-state index contributed by atoms with van der Waals surface area (Å²) in [5.41, 5.74) is 12.5. The number of hydrogen-bond donors (Lipinski definition) is 2. The maximum atomic E-state index is 10.6. The minimum absolute atomic E-state index is 0.0161. The predicted octanol–water partition coefficient (Wildman–Crippen LogP) is 3.28. The molecule has 2 aromatic carbocycles. The third-order valence-corrected chi connectivity index (χ3v) is 4.15. The normalized spacial score (nSPS) is 9.97. The highest BCUT2D eigenvalue weighted by molar-refractivity contribution is 5.65. The van der Waals surface area contributed by atoms with Crippen LogP contribution in [0.2, 0.25) is 0 Å². The van der Waals surface area contributed by atoms with Crippen LogP contribution in [0, 0.1) is 26.8 Å². The fraction of sp³-hybridized carbons (Fsp3) is 0. The molecule has 2 aromatic heterocycles. The SMILES string of the molecule is Nc1ccnn1-c1cccc([N+](=O)[O-])c1.[C-]#[N+]c1cnn(-c2cccc([N+](=O)[O-])c2)c1N. The van der Waals surface area contributed by atoms with Gasteiger partial charge in [0.1, 0.15) is 11.6 Å². The Labute approximate surface area is 180 Å². The maximum absolute atomic E-state index is 10.6. The second-order valence-corrected chi connectivity index (χ2v) is 6.16. The fourth-order valence-electron chi connectivity index (χ4n) is 2.65. The summed E-state index contributed by atoms with van der Waals surface area (Å²) < 4.78 is 2.73. The molecule has 0 unspecified atom stereocenters. The molecule has 0 saturated carbocycles. The van der Waals surface area contributed by atoms with E-state index in [-0.39, 0.29) is 22.9 Å². The number of benzene rings is 2. The van der Waals surface area contributed by atoms with E-state index in [4.69, 9.17) is 18.0 Å². The third kappa shape index (κ3) is 4.49. The Kier molecular flexibility index (Phi) is 6.07. The number of nitrogens with zero attached hydrogens (tertiary/aromatic N) is 7. The Morgan fingerprint density at radius 3 is 1.88 bits per heavy atom. The minimum atomic E-state index is -0.501. The van der Waals surface area contributed by atoms with Crippen molar-refractivity contribution < 1.29 is 9.85 Å². The van der Waals surface area contributed by atoms with Crippen molar-refractivity contribution in [3.8, 4) is 11.4 Å². The fourth-order valence-corrected chi connectivity index (χ4v) is 2.65. The van der Waals surface area contributed by atoms with Gasteiger partial charge in [-0.05, 0) is 12.1 Å². The monoisotopic (exact) mass is 433 g/mol. The van der Waals surface area contributed by atoms with Gasteiger partial charge in [0.05, 0.1) is 40.2 Å². The number of hydrogen-bond acceptors (Lipinski definition) is 8. The van der Waals surface area contributed by atoms with Crippen molar-refractivity contribution in [3.63, 3.8) is 0 Å². The quantitative estimate of drug-likeness (QED) is 0.279. The Bertz CT molecular complexity index is 1340. The lowest BCUT2D eigenvalue weighted by molar-refractivity contribution is -0.385. The van der Waals surface area contributed by atoms with Gasteiger partial charge in [0.25, 0.3) is 11.4 Å². The standard InChI is InChI=1S/C10H7N5O2.C9H8N4O2/c1-12-9-6-13-14(10(9)11)7-3-2-4-8(5-7)15(16)17;10-9-4-5-11-12(9)7-2-1-3-8(6-7)13(14)15/h2-6H,11H2;1-6H,10H2. The lowest BCUT2D eigenvalue weighted by Crippen LogP contribution is -2.02. The van der Waals surface area contributed by atoms with Crippen molar-refractivity contribution in [1.82, 2.24) is 19.6 Å². The summed E-state index contributed by atoms with van der Waals surface area (Å²) in [7, 11) is 0.